The Hall–Kier alpha value is -2.37. The van der Waals surface area contributed by atoms with Gasteiger partial charge in [-0.1, -0.05) is 25.0 Å². The fourth-order valence-electron chi connectivity index (χ4n) is 3.73. The van der Waals surface area contributed by atoms with Crippen molar-refractivity contribution in [1.29, 1.82) is 0 Å². The van der Waals surface area contributed by atoms with Gasteiger partial charge in [-0.2, -0.15) is 4.98 Å². The molecule has 1 saturated heterocycles. The van der Waals surface area contributed by atoms with Crippen molar-refractivity contribution in [2.24, 2.45) is 0 Å². The first kappa shape index (κ1) is 16.1. The molecule has 1 aliphatic heterocycles. The SMILES string of the molecule is Fc1ccccc1N1CCN(c2ccnc(NC3CCCC3)n2)CC1. The molecule has 4 rings (SSSR count). The zero-order valence-electron chi connectivity index (χ0n) is 14.4. The average molecular weight is 341 g/mol. The number of para-hydroxylation sites is 1. The van der Waals surface area contributed by atoms with Crippen molar-refractivity contribution in [1.82, 2.24) is 9.97 Å². The second-order valence-electron chi connectivity index (χ2n) is 6.79. The molecule has 0 atom stereocenters. The number of nitrogens with zero attached hydrogens (tertiary/aromatic N) is 4. The van der Waals surface area contributed by atoms with Crippen molar-refractivity contribution < 1.29 is 4.39 Å². The maximum Gasteiger partial charge on any atom is 0.224 e. The summed E-state index contributed by atoms with van der Waals surface area (Å²) in [6.45, 7) is 3.23. The summed E-state index contributed by atoms with van der Waals surface area (Å²) in [4.78, 5) is 13.4. The second kappa shape index (κ2) is 7.25. The molecule has 1 aromatic carbocycles. The third-order valence-electron chi connectivity index (χ3n) is 5.13. The Morgan fingerprint density at radius 3 is 2.44 bits per heavy atom. The van der Waals surface area contributed by atoms with Crippen molar-refractivity contribution in [3.8, 4) is 0 Å². The largest absolute Gasteiger partial charge is 0.366 e. The Bertz CT molecular complexity index is 708. The molecule has 1 N–H and O–H groups in total. The molecule has 2 heterocycles. The van der Waals surface area contributed by atoms with E-state index in [2.05, 4.69) is 25.1 Å². The predicted molar refractivity (Wildman–Crippen MR) is 98.7 cm³/mol. The Morgan fingerprint density at radius 2 is 1.68 bits per heavy atom. The molecular weight excluding hydrogens is 317 g/mol. The van der Waals surface area contributed by atoms with E-state index in [4.69, 9.17) is 0 Å². The molecule has 1 aliphatic carbocycles. The monoisotopic (exact) mass is 341 g/mol. The van der Waals surface area contributed by atoms with Gasteiger partial charge in [-0.15, -0.1) is 0 Å². The maximum absolute atomic E-state index is 14.0. The zero-order valence-corrected chi connectivity index (χ0v) is 14.4. The van der Waals surface area contributed by atoms with Crippen LogP contribution >= 0.6 is 0 Å². The minimum absolute atomic E-state index is 0.152. The van der Waals surface area contributed by atoms with Gasteiger partial charge in [0.1, 0.15) is 11.6 Å². The van der Waals surface area contributed by atoms with Crippen molar-refractivity contribution in [3.63, 3.8) is 0 Å². The van der Waals surface area contributed by atoms with E-state index in [1.54, 1.807) is 6.07 Å². The van der Waals surface area contributed by atoms with Gasteiger partial charge in [-0.3, -0.25) is 0 Å². The lowest BCUT2D eigenvalue weighted by molar-refractivity contribution is 0.596. The molecule has 0 unspecified atom stereocenters. The normalized spacial score (nSPS) is 18.6. The highest BCUT2D eigenvalue weighted by molar-refractivity contribution is 5.51. The lowest BCUT2D eigenvalue weighted by Crippen LogP contribution is -2.47. The number of hydrogen-bond acceptors (Lipinski definition) is 5. The van der Waals surface area contributed by atoms with E-state index in [-0.39, 0.29) is 5.82 Å². The summed E-state index contributed by atoms with van der Waals surface area (Å²) >= 11 is 0. The molecule has 132 valence electrons. The molecule has 0 radical (unpaired) electrons. The summed E-state index contributed by atoms with van der Waals surface area (Å²) in [7, 11) is 0. The van der Waals surface area contributed by atoms with E-state index in [1.165, 1.54) is 31.7 Å². The quantitative estimate of drug-likeness (QED) is 0.924. The van der Waals surface area contributed by atoms with Gasteiger partial charge < -0.3 is 15.1 Å². The summed E-state index contributed by atoms with van der Waals surface area (Å²) in [6, 6.07) is 9.45. The van der Waals surface area contributed by atoms with E-state index in [9.17, 15) is 4.39 Å². The maximum atomic E-state index is 14.0. The molecule has 2 fully saturated rings. The number of aromatic nitrogens is 2. The minimum atomic E-state index is -0.152. The molecule has 1 aromatic heterocycles. The lowest BCUT2D eigenvalue weighted by Gasteiger charge is -2.36. The van der Waals surface area contributed by atoms with Crippen molar-refractivity contribution in [2.75, 3.05) is 41.3 Å². The van der Waals surface area contributed by atoms with Crippen LogP contribution in [0.1, 0.15) is 25.7 Å². The van der Waals surface area contributed by atoms with Crippen LogP contribution in [0.5, 0.6) is 0 Å². The van der Waals surface area contributed by atoms with Gasteiger partial charge in [0, 0.05) is 38.4 Å². The van der Waals surface area contributed by atoms with Crippen LogP contribution in [0.2, 0.25) is 0 Å². The van der Waals surface area contributed by atoms with Crippen LogP contribution in [0.3, 0.4) is 0 Å². The predicted octanol–water partition coefficient (Wildman–Crippen LogP) is 3.30. The first-order valence-corrected chi connectivity index (χ1v) is 9.13. The highest BCUT2D eigenvalue weighted by Gasteiger charge is 2.21. The molecule has 1 saturated carbocycles. The molecule has 25 heavy (non-hydrogen) atoms. The number of halogens is 1. The van der Waals surface area contributed by atoms with Crippen LogP contribution in [-0.4, -0.2) is 42.2 Å². The molecule has 5 nitrogen and oxygen atoms in total. The van der Waals surface area contributed by atoms with Gasteiger partial charge in [-0.05, 0) is 31.0 Å². The smallest absolute Gasteiger partial charge is 0.224 e. The Morgan fingerprint density at radius 1 is 0.960 bits per heavy atom. The fourth-order valence-corrected chi connectivity index (χ4v) is 3.73. The Labute approximate surface area is 147 Å². The topological polar surface area (TPSA) is 44.3 Å². The molecule has 2 aliphatic rings. The van der Waals surface area contributed by atoms with E-state index in [0.717, 1.165) is 37.9 Å². The number of piperazine rings is 1. The molecule has 0 amide bonds. The molecule has 0 bridgehead atoms. The summed E-state index contributed by atoms with van der Waals surface area (Å²) in [5.41, 5.74) is 0.688. The van der Waals surface area contributed by atoms with Gasteiger partial charge in [0.15, 0.2) is 0 Å². The molecule has 2 aromatic rings. The van der Waals surface area contributed by atoms with Crippen LogP contribution < -0.4 is 15.1 Å². The number of hydrogen-bond donors (Lipinski definition) is 1. The number of rotatable bonds is 4. The van der Waals surface area contributed by atoms with E-state index < -0.39 is 0 Å². The summed E-state index contributed by atoms with van der Waals surface area (Å²) in [6.07, 6.45) is 6.80. The van der Waals surface area contributed by atoms with Crippen LogP contribution in [0, 0.1) is 5.82 Å². The number of anilines is 3. The van der Waals surface area contributed by atoms with Crippen LogP contribution in [0.25, 0.3) is 0 Å². The molecule has 0 spiro atoms. The Balaban J connectivity index is 1.39. The summed E-state index contributed by atoms with van der Waals surface area (Å²) in [5, 5.41) is 3.45. The van der Waals surface area contributed by atoms with E-state index in [1.807, 2.05) is 24.4 Å². The first-order valence-electron chi connectivity index (χ1n) is 9.13. The lowest BCUT2D eigenvalue weighted by atomic mass is 10.2. The highest BCUT2D eigenvalue weighted by Crippen LogP contribution is 2.24. The standard InChI is InChI=1S/C19H24FN5/c20-16-7-3-4-8-17(16)24-11-13-25(14-12-24)18-9-10-21-19(23-18)22-15-5-1-2-6-15/h3-4,7-10,15H,1-2,5-6,11-14H2,(H,21,22,23). The van der Waals surface area contributed by atoms with Crippen LogP contribution in [-0.2, 0) is 0 Å². The Kier molecular flexibility index (Phi) is 4.68. The van der Waals surface area contributed by atoms with Crippen molar-refractivity contribution in [2.45, 2.75) is 31.7 Å². The average Bonchev–Trinajstić information content (AvgIpc) is 3.16. The number of benzene rings is 1. The van der Waals surface area contributed by atoms with Gasteiger partial charge in [0.25, 0.3) is 0 Å². The fraction of sp³-hybridized carbons (Fsp3) is 0.474. The van der Waals surface area contributed by atoms with Crippen LogP contribution in [0.4, 0.5) is 21.8 Å². The minimum Gasteiger partial charge on any atom is -0.366 e. The van der Waals surface area contributed by atoms with E-state index >= 15 is 0 Å². The molecule has 6 heteroatoms. The molecular formula is C19H24FN5. The summed E-state index contributed by atoms with van der Waals surface area (Å²) in [5.74, 6) is 1.52. The van der Waals surface area contributed by atoms with Gasteiger partial charge in [0.05, 0.1) is 5.69 Å². The zero-order chi connectivity index (χ0) is 17.1. The van der Waals surface area contributed by atoms with E-state index in [0.29, 0.717) is 11.7 Å². The van der Waals surface area contributed by atoms with Crippen molar-refractivity contribution in [3.05, 3.63) is 42.3 Å². The van der Waals surface area contributed by atoms with Gasteiger partial charge in [-0.25, -0.2) is 9.37 Å². The van der Waals surface area contributed by atoms with Gasteiger partial charge in [0.2, 0.25) is 5.95 Å². The second-order valence-corrected chi connectivity index (χ2v) is 6.79. The number of nitrogens with one attached hydrogen (secondary N) is 1. The van der Waals surface area contributed by atoms with Gasteiger partial charge >= 0.3 is 0 Å². The van der Waals surface area contributed by atoms with Crippen LogP contribution in [0.15, 0.2) is 36.5 Å². The third kappa shape index (κ3) is 3.67. The summed E-state index contributed by atoms with van der Waals surface area (Å²) < 4.78 is 14.0. The third-order valence-corrected chi connectivity index (χ3v) is 5.13. The highest BCUT2D eigenvalue weighted by atomic mass is 19.1. The van der Waals surface area contributed by atoms with Crippen molar-refractivity contribution >= 4 is 17.5 Å². The first-order chi connectivity index (χ1) is 12.3.